The van der Waals surface area contributed by atoms with Crippen molar-refractivity contribution < 1.29 is 14.4 Å². The molecule has 2 saturated carbocycles. The highest BCUT2D eigenvalue weighted by atomic mass is 35.5. The van der Waals surface area contributed by atoms with Gasteiger partial charge in [-0.25, -0.2) is 10.3 Å². The maximum atomic E-state index is 14.4. The number of para-hydroxylation sites is 1. The lowest BCUT2D eigenvalue weighted by molar-refractivity contribution is -0.124. The molecule has 5 atom stereocenters. The molecular formula is C34H30ClN3O3. The van der Waals surface area contributed by atoms with E-state index in [1.54, 1.807) is 30.5 Å². The molecule has 0 aromatic heterocycles. The van der Waals surface area contributed by atoms with Crippen LogP contribution in [0.4, 0.5) is 5.69 Å². The normalized spacial score (nSPS) is 34.2. The zero-order valence-electron chi connectivity index (χ0n) is 22.7. The number of hydrazone groups is 1. The predicted octanol–water partition coefficient (Wildman–Crippen LogP) is 5.82. The number of fused-ring (bicyclic) bond motifs is 1. The first kappa shape index (κ1) is 25.0. The van der Waals surface area contributed by atoms with E-state index in [-0.39, 0.29) is 35.0 Å². The predicted molar refractivity (Wildman–Crippen MR) is 157 cm³/mol. The number of nitrogens with one attached hydrogen (secondary N) is 1. The number of amides is 3. The van der Waals surface area contributed by atoms with Crippen molar-refractivity contribution in [3.05, 3.63) is 100 Å². The van der Waals surface area contributed by atoms with Crippen LogP contribution in [0.1, 0.15) is 60.8 Å². The second-order valence-corrected chi connectivity index (χ2v) is 13.0. The van der Waals surface area contributed by atoms with Gasteiger partial charge in [0.1, 0.15) is 0 Å². The van der Waals surface area contributed by atoms with Crippen molar-refractivity contribution in [3.8, 4) is 0 Å². The number of nitrogens with zero attached hydrogens (tertiary/aromatic N) is 2. The fourth-order valence-electron chi connectivity index (χ4n) is 9.04. The third kappa shape index (κ3) is 3.14. The van der Waals surface area contributed by atoms with Gasteiger partial charge in [-0.2, -0.15) is 5.10 Å². The molecule has 1 saturated heterocycles. The Morgan fingerprint density at radius 1 is 0.951 bits per heavy atom. The molecule has 3 fully saturated rings. The van der Waals surface area contributed by atoms with E-state index >= 15 is 0 Å². The van der Waals surface area contributed by atoms with Crippen molar-refractivity contribution in [2.24, 2.45) is 34.2 Å². The lowest BCUT2D eigenvalue weighted by Crippen LogP contribution is -2.54. The summed E-state index contributed by atoms with van der Waals surface area (Å²) in [7, 11) is 0. The average Bonchev–Trinajstić information content (AvgIpc) is 3.54. The number of halogens is 1. The molecule has 0 spiro atoms. The summed E-state index contributed by atoms with van der Waals surface area (Å²) in [5, 5.41) is 4.96. The molecule has 3 aromatic carbocycles. The second-order valence-electron chi connectivity index (χ2n) is 12.6. The topological polar surface area (TPSA) is 78.8 Å². The van der Waals surface area contributed by atoms with Gasteiger partial charge >= 0.3 is 0 Å². The van der Waals surface area contributed by atoms with Crippen molar-refractivity contribution in [1.82, 2.24) is 5.43 Å². The largest absolute Gasteiger partial charge is 0.274 e. The fourth-order valence-corrected chi connectivity index (χ4v) is 9.26. The van der Waals surface area contributed by atoms with Gasteiger partial charge in [-0.3, -0.25) is 14.4 Å². The van der Waals surface area contributed by atoms with Crippen LogP contribution in [0.25, 0.3) is 0 Å². The quantitative estimate of drug-likeness (QED) is 0.247. The molecule has 0 radical (unpaired) electrons. The average molecular weight is 564 g/mol. The van der Waals surface area contributed by atoms with E-state index in [0.29, 0.717) is 16.6 Å². The lowest BCUT2D eigenvalue weighted by Gasteiger charge is -2.52. The molecule has 41 heavy (non-hydrogen) atoms. The summed E-state index contributed by atoms with van der Waals surface area (Å²) in [5.74, 6) is -1.81. The van der Waals surface area contributed by atoms with Gasteiger partial charge in [0.05, 0.1) is 28.0 Å². The Labute approximate surface area is 243 Å². The molecule has 7 heteroatoms. The molecule has 206 valence electrons. The second kappa shape index (κ2) is 8.62. The van der Waals surface area contributed by atoms with Gasteiger partial charge in [0.25, 0.3) is 0 Å². The van der Waals surface area contributed by atoms with Gasteiger partial charge in [-0.1, -0.05) is 92.0 Å². The summed E-state index contributed by atoms with van der Waals surface area (Å²) in [4.78, 5) is 43.3. The summed E-state index contributed by atoms with van der Waals surface area (Å²) in [6.07, 6.45) is 6.24. The van der Waals surface area contributed by atoms with Crippen molar-refractivity contribution in [3.63, 3.8) is 0 Å². The van der Waals surface area contributed by atoms with E-state index in [1.807, 2.05) is 36.4 Å². The lowest BCUT2D eigenvalue weighted by atomic mass is 9.47. The zero-order chi connectivity index (χ0) is 28.1. The first-order valence-electron chi connectivity index (χ1n) is 14.5. The summed E-state index contributed by atoms with van der Waals surface area (Å²) in [6, 6.07) is 23.0. The molecule has 0 unspecified atom stereocenters. The highest BCUT2D eigenvalue weighted by Gasteiger charge is 2.68. The van der Waals surface area contributed by atoms with E-state index in [9.17, 15) is 14.4 Å². The van der Waals surface area contributed by atoms with Crippen LogP contribution in [-0.2, 0) is 19.8 Å². The minimum Gasteiger partial charge on any atom is -0.274 e. The minimum atomic E-state index is -1.02. The molecule has 1 heterocycles. The molecule has 3 amide bonds. The Morgan fingerprint density at radius 2 is 1.61 bits per heavy atom. The fraction of sp³-hybridized carbons (Fsp3) is 0.353. The van der Waals surface area contributed by atoms with Crippen LogP contribution in [0.15, 0.2) is 77.9 Å². The Bertz CT molecular complexity index is 1640. The Morgan fingerprint density at radius 3 is 2.27 bits per heavy atom. The number of carbonyl (C=O) groups is 3. The number of anilines is 1. The van der Waals surface area contributed by atoms with E-state index in [1.165, 1.54) is 17.7 Å². The van der Waals surface area contributed by atoms with Crippen LogP contribution in [-0.4, -0.2) is 23.9 Å². The standard InChI is InChI=1S/C34H30ClN3O3/c1-33-17-9-8-14-23(33)28(33)30(39)37-36-18-34-21-12-4-2-10-19(21)26(20-11-3-5-13-22(20)34)27-29(34)32(41)38(31(27)40)25-16-7-6-15-24(25)35/h2-7,10-13,15-16,18,23,26-29H,8-9,14,17H2,1H3,(H,37,39)/b36-18-/t23-,26?,27+,28+,29+,33-,34?/m0/s1. The van der Waals surface area contributed by atoms with Gasteiger partial charge in [0.2, 0.25) is 17.7 Å². The molecule has 9 rings (SSSR count). The number of rotatable bonds is 4. The summed E-state index contributed by atoms with van der Waals surface area (Å²) in [5.41, 5.74) is 6.26. The number of hydrogen-bond acceptors (Lipinski definition) is 4. The van der Waals surface area contributed by atoms with Crippen LogP contribution in [0.3, 0.4) is 0 Å². The minimum absolute atomic E-state index is 0.0283. The van der Waals surface area contributed by atoms with Gasteiger partial charge in [-0.05, 0) is 58.6 Å². The van der Waals surface area contributed by atoms with E-state index in [4.69, 9.17) is 11.6 Å². The molecule has 5 aliphatic carbocycles. The van der Waals surface area contributed by atoms with Gasteiger partial charge < -0.3 is 0 Å². The summed E-state index contributed by atoms with van der Waals surface area (Å²) < 4.78 is 0. The van der Waals surface area contributed by atoms with Crippen molar-refractivity contribution in [2.45, 2.75) is 43.9 Å². The molecule has 2 bridgehead atoms. The van der Waals surface area contributed by atoms with Crippen LogP contribution >= 0.6 is 11.6 Å². The summed E-state index contributed by atoms with van der Waals surface area (Å²) in [6.45, 7) is 2.22. The molecule has 6 nitrogen and oxygen atoms in total. The van der Waals surface area contributed by atoms with E-state index in [0.717, 1.165) is 35.1 Å². The summed E-state index contributed by atoms with van der Waals surface area (Å²) >= 11 is 6.53. The first-order valence-corrected chi connectivity index (χ1v) is 14.9. The molecule has 3 aromatic rings. The highest BCUT2D eigenvalue weighted by molar-refractivity contribution is 6.36. The molecule has 1 aliphatic heterocycles. The Kier molecular flexibility index (Phi) is 5.25. The van der Waals surface area contributed by atoms with Crippen LogP contribution in [0.5, 0.6) is 0 Å². The monoisotopic (exact) mass is 563 g/mol. The van der Waals surface area contributed by atoms with Gasteiger partial charge in [0.15, 0.2) is 0 Å². The third-order valence-corrected chi connectivity index (χ3v) is 11.2. The van der Waals surface area contributed by atoms with Crippen molar-refractivity contribution in [2.75, 3.05) is 4.90 Å². The number of imide groups is 1. The molecule has 1 N–H and O–H groups in total. The Hall–Kier alpha value is -3.77. The Balaban J connectivity index is 1.26. The maximum Gasteiger partial charge on any atom is 0.244 e. The number of carbonyl (C=O) groups excluding carboxylic acids is 3. The van der Waals surface area contributed by atoms with Crippen molar-refractivity contribution >= 4 is 41.2 Å². The molecule has 6 aliphatic rings. The van der Waals surface area contributed by atoms with Crippen LogP contribution < -0.4 is 10.3 Å². The van der Waals surface area contributed by atoms with E-state index < -0.39 is 17.3 Å². The SMILES string of the molecule is C[C@]12CCCC[C@H]1[C@@H]2C(=O)N/N=C\C12c3ccccc3C(c3ccccc31)[C@H]1C(=O)N(c3ccccc3Cl)C(=O)[C@@H]12. The van der Waals surface area contributed by atoms with E-state index in [2.05, 4.69) is 29.6 Å². The number of hydrogen-bond donors (Lipinski definition) is 1. The first-order chi connectivity index (χ1) is 19.9. The van der Waals surface area contributed by atoms with Gasteiger partial charge in [0, 0.05) is 18.1 Å². The zero-order valence-corrected chi connectivity index (χ0v) is 23.5. The maximum absolute atomic E-state index is 14.4. The van der Waals surface area contributed by atoms with Gasteiger partial charge in [-0.15, -0.1) is 0 Å². The third-order valence-electron chi connectivity index (χ3n) is 10.8. The van der Waals surface area contributed by atoms with Crippen LogP contribution in [0.2, 0.25) is 5.02 Å². The molecular weight excluding hydrogens is 534 g/mol. The smallest absolute Gasteiger partial charge is 0.244 e. The highest BCUT2D eigenvalue weighted by Crippen LogP contribution is 2.66. The number of benzene rings is 3. The van der Waals surface area contributed by atoms with Crippen LogP contribution in [0, 0.1) is 29.1 Å². The van der Waals surface area contributed by atoms with Crippen molar-refractivity contribution in [1.29, 1.82) is 0 Å².